The van der Waals surface area contributed by atoms with Crippen molar-refractivity contribution >= 4 is 5.91 Å². The minimum absolute atomic E-state index is 0.0445. The molecule has 0 aliphatic carbocycles. The number of nitrogens with zero attached hydrogens (tertiary/aromatic N) is 3. The van der Waals surface area contributed by atoms with Crippen LogP contribution in [0.4, 0.5) is 0 Å². The maximum atomic E-state index is 12.4. The molecule has 1 aromatic rings. The van der Waals surface area contributed by atoms with Crippen molar-refractivity contribution in [1.82, 2.24) is 14.7 Å². The summed E-state index contributed by atoms with van der Waals surface area (Å²) in [4.78, 5) is 13.9. The first-order valence-corrected chi connectivity index (χ1v) is 7.49. The second-order valence-corrected chi connectivity index (χ2v) is 5.77. The number of hydrogen-bond acceptors (Lipinski definition) is 5. The van der Waals surface area contributed by atoms with E-state index < -0.39 is 12.2 Å². The van der Waals surface area contributed by atoms with Crippen LogP contribution in [0.5, 0.6) is 0 Å². The van der Waals surface area contributed by atoms with Crippen LogP contribution in [0.3, 0.4) is 0 Å². The predicted molar refractivity (Wildman–Crippen MR) is 80.5 cm³/mol. The number of carbonyl (C=O) groups is 1. The van der Waals surface area contributed by atoms with Crippen molar-refractivity contribution in [3.63, 3.8) is 0 Å². The van der Waals surface area contributed by atoms with Crippen molar-refractivity contribution in [3.8, 4) is 0 Å². The van der Waals surface area contributed by atoms with E-state index in [0.717, 1.165) is 11.4 Å². The van der Waals surface area contributed by atoms with Gasteiger partial charge in [0.1, 0.15) is 12.2 Å². The molecule has 124 valence electrons. The lowest BCUT2D eigenvalue weighted by Gasteiger charge is -2.38. The van der Waals surface area contributed by atoms with E-state index in [4.69, 9.17) is 9.47 Å². The van der Waals surface area contributed by atoms with Crippen molar-refractivity contribution in [3.05, 3.63) is 17.5 Å². The first-order chi connectivity index (χ1) is 10.4. The highest BCUT2D eigenvalue weighted by molar-refractivity contribution is 5.76. The monoisotopic (exact) mass is 311 g/mol. The number of aliphatic hydroxyl groups is 1. The van der Waals surface area contributed by atoms with Gasteiger partial charge in [-0.2, -0.15) is 5.10 Å². The number of aliphatic hydroxyl groups excluding tert-OH is 1. The summed E-state index contributed by atoms with van der Waals surface area (Å²) in [5.74, 6) is -0.0445. The summed E-state index contributed by atoms with van der Waals surface area (Å²) in [5, 5.41) is 14.6. The third-order valence-corrected chi connectivity index (χ3v) is 4.18. The molecule has 22 heavy (non-hydrogen) atoms. The van der Waals surface area contributed by atoms with E-state index in [1.807, 2.05) is 24.6 Å². The van der Waals surface area contributed by atoms with Crippen LogP contribution < -0.4 is 0 Å². The number of hydrogen-bond donors (Lipinski definition) is 1. The Morgan fingerprint density at radius 2 is 2.27 bits per heavy atom. The van der Waals surface area contributed by atoms with Gasteiger partial charge in [-0.3, -0.25) is 9.48 Å². The maximum absolute atomic E-state index is 12.4. The SMILES string of the molecule is CO[C@@H]1COC[C@@H](N(C)C(=O)CCn2nc(C)cc2C)[C@@H]1O. The Morgan fingerprint density at radius 3 is 2.86 bits per heavy atom. The number of carbonyl (C=O) groups excluding carboxylic acids is 1. The summed E-state index contributed by atoms with van der Waals surface area (Å²) in [6, 6.07) is 1.60. The molecule has 2 heterocycles. The quantitative estimate of drug-likeness (QED) is 0.836. The second kappa shape index (κ2) is 7.21. The zero-order chi connectivity index (χ0) is 16.3. The van der Waals surface area contributed by atoms with Gasteiger partial charge in [0, 0.05) is 32.8 Å². The minimum Gasteiger partial charge on any atom is -0.388 e. The lowest BCUT2D eigenvalue weighted by molar-refractivity contribution is -0.158. The topological polar surface area (TPSA) is 76.8 Å². The van der Waals surface area contributed by atoms with Gasteiger partial charge in [-0.25, -0.2) is 0 Å². The third kappa shape index (κ3) is 3.66. The fourth-order valence-corrected chi connectivity index (χ4v) is 2.76. The molecule has 0 aromatic carbocycles. The Morgan fingerprint density at radius 1 is 1.55 bits per heavy atom. The predicted octanol–water partition coefficient (Wildman–Crippen LogP) is 0.123. The van der Waals surface area contributed by atoms with Gasteiger partial charge in [0.05, 0.1) is 24.9 Å². The molecule has 1 saturated heterocycles. The summed E-state index contributed by atoms with van der Waals surface area (Å²) >= 11 is 0. The molecule has 1 fully saturated rings. The average Bonchev–Trinajstić information content (AvgIpc) is 2.82. The highest BCUT2D eigenvalue weighted by Gasteiger charge is 2.36. The molecule has 0 bridgehead atoms. The highest BCUT2D eigenvalue weighted by Crippen LogP contribution is 2.17. The molecule has 0 radical (unpaired) electrons. The number of likely N-dealkylation sites (N-methyl/N-ethyl adjacent to an activating group) is 1. The standard InChI is InChI=1S/C15H25N3O4/c1-10-7-11(2)18(16-10)6-5-14(19)17(3)12-8-22-9-13(21-4)15(12)20/h7,12-13,15,20H,5-6,8-9H2,1-4H3/t12-,13-,15+/m1/s1. The molecule has 1 amide bonds. The molecule has 1 N–H and O–H groups in total. The maximum Gasteiger partial charge on any atom is 0.224 e. The van der Waals surface area contributed by atoms with Crippen LogP contribution in [0.2, 0.25) is 0 Å². The van der Waals surface area contributed by atoms with Crippen molar-refractivity contribution in [2.24, 2.45) is 0 Å². The van der Waals surface area contributed by atoms with E-state index in [9.17, 15) is 9.90 Å². The molecular weight excluding hydrogens is 286 g/mol. The molecule has 0 unspecified atom stereocenters. The van der Waals surface area contributed by atoms with E-state index in [1.54, 1.807) is 11.9 Å². The van der Waals surface area contributed by atoms with Gasteiger partial charge in [-0.15, -0.1) is 0 Å². The summed E-state index contributed by atoms with van der Waals surface area (Å²) < 4.78 is 12.4. The molecule has 1 aliphatic rings. The normalized spacial score (nSPS) is 25.2. The van der Waals surface area contributed by atoms with Crippen LogP contribution in [-0.2, 0) is 20.8 Å². The van der Waals surface area contributed by atoms with Crippen molar-refractivity contribution in [2.75, 3.05) is 27.4 Å². The van der Waals surface area contributed by atoms with E-state index in [2.05, 4.69) is 5.10 Å². The zero-order valence-electron chi connectivity index (χ0n) is 13.7. The first kappa shape index (κ1) is 16.9. The van der Waals surface area contributed by atoms with Crippen LogP contribution in [0.1, 0.15) is 17.8 Å². The number of ether oxygens (including phenoxy) is 2. The molecule has 3 atom stereocenters. The average molecular weight is 311 g/mol. The number of aryl methyl sites for hydroxylation is 3. The molecule has 0 saturated carbocycles. The molecule has 0 spiro atoms. The first-order valence-electron chi connectivity index (χ1n) is 7.49. The minimum atomic E-state index is -0.735. The van der Waals surface area contributed by atoms with E-state index in [0.29, 0.717) is 26.2 Å². The van der Waals surface area contributed by atoms with Gasteiger partial charge >= 0.3 is 0 Å². The van der Waals surface area contributed by atoms with Crippen molar-refractivity contribution in [1.29, 1.82) is 0 Å². The van der Waals surface area contributed by atoms with Gasteiger partial charge in [0.15, 0.2) is 0 Å². The fraction of sp³-hybridized carbons (Fsp3) is 0.733. The summed E-state index contributed by atoms with van der Waals surface area (Å²) in [7, 11) is 3.23. The van der Waals surface area contributed by atoms with Crippen molar-refractivity contribution < 1.29 is 19.4 Å². The van der Waals surface area contributed by atoms with Gasteiger partial charge in [0.2, 0.25) is 5.91 Å². The lowest BCUT2D eigenvalue weighted by Crippen LogP contribution is -2.56. The van der Waals surface area contributed by atoms with E-state index >= 15 is 0 Å². The van der Waals surface area contributed by atoms with Crippen LogP contribution in [0.25, 0.3) is 0 Å². The number of rotatable bonds is 5. The van der Waals surface area contributed by atoms with Crippen LogP contribution >= 0.6 is 0 Å². The second-order valence-electron chi connectivity index (χ2n) is 5.77. The Hall–Kier alpha value is -1.44. The molecule has 2 rings (SSSR count). The summed E-state index contributed by atoms with van der Waals surface area (Å²) in [5.41, 5.74) is 1.98. The zero-order valence-corrected chi connectivity index (χ0v) is 13.7. The molecule has 7 heteroatoms. The largest absolute Gasteiger partial charge is 0.388 e. The molecule has 1 aromatic heterocycles. The Balaban J connectivity index is 1.92. The summed E-state index contributed by atoms with van der Waals surface area (Å²) in [6.45, 7) is 5.10. The van der Waals surface area contributed by atoms with Gasteiger partial charge < -0.3 is 19.5 Å². The van der Waals surface area contributed by atoms with Crippen LogP contribution in [0.15, 0.2) is 6.07 Å². The molecule has 7 nitrogen and oxygen atoms in total. The van der Waals surface area contributed by atoms with Crippen molar-refractivity contribution in [2.45, 2.75) is 45.1 Å². The van der Waals surface area contributed by atoms with Gasteiger partial charge in [0.25, 0.3) is 0 Å². The third-order valence-electron chi connectivity index (χ3n) is 4.18. The lowest BCUT2D eigenvalue weighted by atomic mass is 10.0. The molecular formula is C15H25N3O4. The van der Waals surface area contributed by atoms with E-state index in [-0.39, 0.29) is 11.9 Å². The van der Waals surface area contributed by atoms with Crippen LogP contribution in [0, 0.1) is 13.8 Å². The number of methoxy groups -OCH3 is 1. The number of aromatic nitrogens is 2. The van der Waals surface area contributed by atoms with Gasteiger partial charge in [-0.1, -0.05) is 0 Å². The fourth-order valence-electron chi connectivity index (χ4n) is 2.76. The van der Waals surface area contributed by atoms with E-state index in [1.165, 1.54) is 7.11 Å². The molecule has 1 aliphatic heterocycles. The Labute approximate surface area is 130 Å². The Bertz CT molecular complexity index is 517. The Kier molecular flexibility index (Phi) is 5.55. The summed E-state index contributed by atoms with van der Waals surface area (Å²) in [6.07, 6.45) is -0.800. The highest BCUT2D eigenvalue weighted by atomic mass is 16.5. The van der Waals surface area contributed by atoms with Gasteiger partial charge in [-0.05, 0) is 19.9 Å². The number of amides is 1. The smallest absolute Gasteiger partial charge is 0.224 e. The van der Waals surface area contributed by atoms with Crippen LogP contribution in [-0.4, -0.2) is 71.3 Å².